The van der Waals surface area contributed by atoms with Crippen LogP contribution in [0.15, 0.2) is 77.7 Å². The average Bonchev–Trinajstić information content (AvgIpc) is 3.15. The third-order valence-electron chi connectivity index (χ3n) is 5.69. The Morgan fingerprint density at radius 3 is 2.58 bits per heavy atom. The number of hydrogen-bond acceptors (Lipinski definition) is 5. The molecule has 1 atom stereocenters. The van der Waals surface area contributed by atoms with Crippen molar-refractivity contribution >= 4 is 29.0 Å². The molecule has 0 spiro atoms. The van der Waals surface area contributed by atoms with Gasteiger partial charge in [-0.3, -0.25) is 14.9 Å². The van der Waals surface area contributed by atoms with Crippen molar-refractivity contribution < 1.29 is 19.1 Å². The van der Waals surface area contributed by atoms with E-state index in [1.54, 1.807) is 6.08 Å². The van der Waals surface area contributed by atoms with E-state index in [1.807, 2.05) is 48.5 Å². The summed E-state index contributed by atoms with van der Waals surface area (Å²) in [5.41, 5.74) is 4.38. The zero-order valence-electron chi connectivity index (χ0n) is 18.0. The Morgan fingerprint density at radius 2 is 1.82 bits per heavy atom. The first-order valence-corrected chi connectivity index (χ1v) is 11.7. The van der Waals surface area contributed by atoms with Gasteiger partial charge in [-0.15, -0.1) is 0 Å². The normalized spacial score (nSPS) is 18.5. The van der Waals surface area contributed by atoms with Crippen LogP contribution < -0.4 is 14.8 Å². The molecule has 6 heteroatoms. The lowest BCUT2D eigenvalue weighted by atomic mass is 9.96. The third-order valence-corrected chi connectivity index (χ3v) is 6.50. The molecule has 1 fully saturated rings. The highest BCUT2D eigenvalue weighted by molar-refractivity contribution is 8.18. The van der Waals surface area contributed by atoms with Gasteiger partial charge in [-0.05, 0) is 77.2 Å². The molecule has 2 aliphatic heterocycles. The van der Waals surface area contributed by atoms with Crippen molar-refractivity contribution in [3.63, 3.8) is 0 Å². The van der Waals surface area contributed by atoms with E-state index in [-0.39, 0.29) is 17.3 Å². The predicted octanol–water partition coefficient (Wildman–Crippen LogP) is 5.53. The van der Waals surface area contributed by atoms with Crippen molar-refractivity contribution in [2.75, 3.05) is 0 Å². The molecular weight excluding hydrogens is 434 g/mol. The Bertz CT molecular complexity index is 1200. The second-order valence-corrected chi connectivity index (χ2v) is 9.14. The number of ether oxygens (including phenoxy) is 2. The average molecular weight is 458 g/mol. The molecule has 0 radical (unpaired) electrons. The molecule has 2 aliphatic rings. The van der Waals surface area contributed by atoms with Crippen molar-refractivity contribution in [3.8, 4) is 11.5 Å². The summed E-state index contributed by atoms with van der Waals surface area (Å²) >= 11 is 0.932. The van der Waals surface area contributed by atoms with E-state index < -0.39 is 0 Å². The predicted molar refractivity (Wildman–Crippen MR) is 129 cm³/mol. The van der Waals surface area contributed by atoms with Crippen molar-refractivity contribution in [1.29, 1.82) is 0 Å². The molecule has 2 amide bonds. The molecule has 1 saturated heterocycles. The molecule has 3 aromatic rings. The molecule has 2 heterocycles. The van der Waals surface area contributed by atoms with Crippen molar-refractivity contribution in [1.82, 2.24) is 5.32 Å². The van der Waals surface area contributed by atoms with Gasteiger partial charge in [-0.2, -0.15) is 0 Å². The van der Waals surface area contributed by atoms with Gasteiger partial charge < -0.3 is 9.47 Å². The van der Waals surface area contributed by atoms with E-state index in [2.05, 4.69) is 29.6 Å². The topological polar surface area (TPSA) is 64.6 Å². The van der Waals surface area contributed by atoms with Crippen molar-refractivity contribution in [3.05, 3.63) is 100.0 Å². The number of benzene rings is 3. The Hall–Kier alpha value is -3.51. The second-order valence-electron chi connectivity index (χ2n) is 8.12. The zero-order valence-corrected chi connectivity index (χ0v) is 18.8. The zero-order chi connectivity index (χ0) is 22.6. The molecule has 3 aromatic carbocycles. The van der Waals surface area contributed by atoms with Crippen molar-refractivity contribution in [2.24, 2.45) is 0 Å². The quantitative estimate of drug-likeness (QED) is 0.494. The number of carbonyl (C=O) groups is 2. The lowest BCUT2D eigenvalue weighted by molar-refractivity contribution is -0.115. The maximum atomic E-state index is 11.8. The number of nitrogens with one attached hydrogen (secondary N) is 1. The van der Waals surface area contributed by atoms with Gasteiger partial charge in [-0.1, -0.05) is 48.5 Å². The molecule has 166 valence electrons. The Kier molecular flexibility index (Phi) is 6.17. The highest BCUT2D eigenvalue weighted by atomic mass is 32.2. The van der Waals surface area contributed by atoms with Crippen molar-refractivity contribution in [2.45, 2.75) is 32.0 Å². The van der Waals surface area contributed by atoms with Crippen LogP contribution in [-0.2, 0) is 24.2 Å². The summed E-state index contributed by atoms with van der Waals surface area (Å²) in [5.74, 6) is 1.40. The molecule has 1 unspecified atom stereocenters. The van der Waals surface area contributed by atoms with Gasteiger partial charge in [0, 0.05) is 6.42 Å². The fraction of sp³-hybridized carbons (Fsp3) is 0.185. The van der Waals surface area contributed by atoms with Crippen LogP contribution in [0.3, 0.4) is 0 Å². The number of aryl methyl sites for hydroxylation is 1. The molecule has 0 aromatic heterocycles. The summed E-state index contributed by atoms with van der Waals surface area (Å²) in [6.07, 6.45) is 4.54. The van der Waals surface area contributed by atoms with E-state index in [1.165, 1.54) is 5.56 Å². The molecule has 0 saturated carbocycles. The standard InChI is InChI=1S/C27H23NO4S/c29-26-25(33-27(30)28-26)16-20-8-13-24-21(14-20)9-12-23(32-24)15-18-6-10-22(11-7-18)31-17-19-4-2-1-3-5-19/h1-8,10-11,13-14,16,23H,9,12,15,17H2,(H,28,29,30). The minimum Gasteiger partial charge on any atom is -0.490 e. The first-order chi connectivity index (χ1) is 16.1. The lowest BCUT2D eigenvalue weighted by Gasteiger charge is -2.26. The highest BCUT2D eigenvalue weighted by Gasteiger charge is 2.25. The smallest absolute Gasteiger partial charge is 0.290 e. The molecule has 33 heavy (non-hydrogen) atoms. The number of thioether (sulfide) groups is 1. The van der Waals surface area contributed by atoms with Gasteiger partial charge in [-0.25, -0.2) is 0 Å². The SMILES string of the molecule is O=C1NC(=O)C(=Cc2ccc3c(c2)CCC(Cc2ccc(OCc4ccccc4)cc2)O3)S1. The molecule has 5 rings (SSSR count). The van der Waals surface area contributed by atoms with Gasteiger partial charge >= 0.3 is 0 Å². The van der Waals surface area contributed by atoms with Crippen LogP contribution in [0.4, 0.5) is 4.79 Å². The first-order valence-electron chi connectivity index (χ1n) is 10.9. The fourth-order valence-electron chi connectivity index (χ4n) is 4.00. The van der Waals surface area contributed by atoms with Crippen LogP contribution in [0.25, 0.3) is 6.08 Å². The van der Waals surface area contributed by atoms with E-state index in [4.69, 9.17) is 9.47 Å². The Balaban J connectivity index is 1.18. The van der Waals surface area contributed by atoms with Gasteiger partial charge in [0.25, 0.3) is 11.1 Å². The number of amides is 2. The first kappa shape index (κ1) is 21.3. The van der Waals surface area contributed by atoms with E-state index in [0.29, 0.717) is 11.5 Å². The molecule has 1 N–H and O–H groups in total. The number of imide groups is 1. The van der Waals surface area contributed by atoms with Crippen LogP contribution >= 0.6 is 11.8 Å². The van der Waals surface area contributed by atoms with Gasteiger partial charge in [0.15, 0.2) is 0 Å². The lowest BCUT2D eigenvalue weighted by Crippen LogP contribution is -2.25. The molecule has 0 aliphatic carbocycles. The maximum absolute atomic E-state index is 11.8. The number of hydrogen-bond donors (Lipinski definition) is 1. The van der Waals surface area contributed by atoms with E-state index >= 15 is 0 Å². The third kappa shape index (κ3) is 5.29. The summed E-state index contributed by atoms with van der Waals surface area (Å²) in [4.78, 5) is 23.5. The highest BCUT2D eigenvalue weighted by Crippen LogP contribution is 2.32. The second kappa shape index (κ2) is 9.55. The summed E-state index contributed by atoms with van der Waals surface area (Å²) in [7, 11) is 0. The monoisotopic (exact) mass is 457 g/mol. The van der Waals surface area contributed by atoms with Gasteiger partial charge in [0.2, 0.25) is 0 Å². The van der Waals surface area contributed by atoms with Crippen LogP contribution in [0.2, 0.25) is 0 Å². The molecule has 5 nitrogen and oxygen atoms in total. The van der Waals surface area contributed by atoms with E-state index in [0.717, 1.165) is 59.2 Å². The minimum absolute atomic E-state index is 0.117. The van der Waals surface area contributed by atoms with E-state index in [9.17, 15) is 9.59 Å². The fourth-order valence-corrected chi connectivity index (χ4v) is 4.68. The van der Waals surface area contributed by atoms with Crippen LogP contribution in [-0.4, -0.2) is 17.3 Å². The van der Waals surface area contributed by atoms with Gasteiger partial charge in [0.05, 0.1) is 4.91 Å². The maximum Gasteiger partial charge on any atom is 0.290 e. The molecular formula is C27H23NO4S. The Morgan fingerprint density at radius 1 is 1.00 bits per heavy atom. The number of carbonyl (C=O) groups excluding carboxylic acids is 2. The summed E-state index contributed by atoms with van der Waals surface area (Å²) in [5, 5.41) is 1.95. The van der Waals surface area contributed by atoms with Crippen LogP contribution in [0, 0.1) is 0 Å². The summed E-state index contributed by atoms with van der Waals surface area (Å²) < 4.78 is 12.1. The summed E-state index contributed by atoms with van der Waals surface area (Å²) in [6, 6.07) is 24.3. The largest absolute Gasteiger partial charge is 0.490 e. The number of rotatable bonds is 6. The molecule has 0 bridgehead atoms. The Labute approximate surface area is 196 Å². The van der Waals surface area contributed by atoms with Crippen LogP contribution in [0.1, 0.15) is 28.7 Å². The number of fused-ring (bicyclic) bond motifs is 1. The minimum atomic E-state index is -0.337. The van der Waals surface area contributed by atoms with Crippen LogP contribution in [0.5, 0.6) is 11.5 Å². The summed E-state index contributed by atoms with van der Waals surface area (Å²) in [6.45, 7) is 0.557. The van der Waals surface area contributed by atoms with Gasteiger partial charge in [0.1, 0.15) is 24.2 Å².